The van der Waals surface area contributed by atoms with Gasteiger partial charge in [0.05, 0.1) is 18.6 Å². The molecule has 2 heterocycles. The smallest absolute Gasteiger partial charge is 0.233 e. The third kappa shape index (κ3) is 5.21. The van der Waals surface area contributed by atoms with Crippen molar-refractivity contribution in [3.8, 4) is 11.6 Å². The molecule has 0 N–H and O–H groups in total. The summed E-state index contributed by atoms with van der Waals surface area (Å²) in [6.45, 7) is 0.894. The van der Waals surface area contributed by atoms with Crippen LogP contribution in [-0.2, 0) is 17.9 Å². The number of hydrogen-bond donors (Lipinski definition) is 0. The second-order valence-electron chi connectivity index (χ2n) is 7.02. The Morgan fingerprint density at radius 1 is 1.06 bits per heavy atom. The monoisotopic (exact) mass is 436 g/mol. The van der Waals surface area contributed by atoms with Gasteiger partial charge in [-0.2, -0.15) is 0 Å². The van der Waals surface area contributed by atoms with E-state index in [4.69, 9.17) is 4.42 Å². The minimum absolute atomic E-state index is 0.0805. The van der Waals surface area contributed by atoms with Gasteiger partial charge in [0.2, 0.25) is 11.7 Å². The highest BCUT2D eigenvalue weighted by atomic mass is 32.2. The first-order chi connectivity index (χ1) is 15.1. The highest BCUT2D eigenvalue weighted by Gasteiger charge is 2.19. The zero-order valence-electron chi connectivity index (χ0n) is 16.9. The second-order valence-corrected chi connectivity index (χ2v) is 7.97. The number of halogens is 1. The summed E-state index contributed by atoms with van der Waals surface area (Å²) in [7, 11) is 1.71. The average molecular weight is 437 g/mol. The number of thioether (sulfide) groups is 1. The molecule has 0 unspecified atom stereocenters. The fourth-order valence-electron chi connectivity index (χ4n) is 3.13. The maximum Gasteiger partial charge on any atom is 0.233 e. The first-order valence-electron chi connectivity index (χ1n) is 9.72. The zero-order chi connectivity index (χ0) is 21.6. The highest BCUT2D eigenvalue weighted by molar-refractivity contribution is 7.99. The van der Waals surface area contributed by atoms with Crippen molar-refractivity contribution in [3.05, 3.63) is 89.9 Å². The predicted octanol–water partition coefficient (Wildman–Crippen LogP) is 4.48. The van der Waals surface area contributed by atoms with Crippen LogP contribution in [0.1, 0.15) is 11.1 Å². The van der Waals surface area contributed by atoms with E-state index in [1.54, 1.807) is 36.4 Å². The van der Waals surface area contributed by atoms with E-state index < -0.39 is 0 Å². The molecule has 0 saturated heterocycles. The van der Waals surface area contributed by atoms with Crippen molar-refractivity contribution in [2.75, 3.05) is 12.8 Å². The van der Waals surface area contributed by atoms with Gasteiger partial charge in [0.15, 0.2) is 10.9 Å². The number of hydrogen-bond acceptors (Lipinski definition) is 5. The molecule has 0 radical (unpaired) electrons. The van der Waals surface area contributed by atoms with Gasteiger partial charge in [-0.3, -0.25) is 9.36 Å². The van der Waals surface area contributed by atoms with Crippen LogP contribution in [0.5, 0.6) is 0 Å². The Morgan fingerprint density at radius 2 is 1.87 bits per heavy atom. The van der Waals surface area contributed by atoms with E-state index in [1.165, 1.54) is 23.9 Å². The lowest BCUT2D eigenvalue weighted by Gasteiger charge is -2.17. The van der Waals surface area contributed by atoms with Crippen molar-refractivity contribution in [3.63, 3.8) is 0 Å². The lowest BCUT2D eigenvalue weighted by atomic mass is 10.2. The van der Waals surface area contributed by atoms with Crippen molar-refractivity contribution >= 4 is 17.7 Å². The fourth-order valence-corrected chi connectivity index (χ4v) is 4.00. The summed E-state index contributed by atoms with van der Waals surface area (Å²) in [5, 5.41) is 9.21. The summed E-state index contributed by atoms with van der Waals surface area (Å²) < 4.78 is 20.9. The molecule has 8 heteroatoms. The molecule has 6 nitrogen and oxygen atoms in total. The lowest BCUT2D eigenvalue weighted by Crippen LogP contribution is -2.28. The zero-order valence-corrected chi connectivity index (χ0v) is 17.8. The highest BCUT2D eigenvalue weighted by Crippen LogP contribution is 2.26. The number of nitrogens with zero attached hydrogens (tertiary/aromatic N) is 4. The van der Waals surface area contributed by atoms with Crippen molar-refractivity contribution in [1.29, 1.82) is 0 Å². The lowest BCUT2D eigenvalue weighted by molar-refractivity contribution is -0.127. The van der Waals surface area contributed by atoms with Crippen LogP contribution in [0.3, 0.4) is 0 Å². The summed E-state index contributed by atoms with van der Waals surface area (Å²) in [6.07, 6.45) is 1.59. The van der Waals surface area contributed by atoms with Gasteiger partial charge < -0.3 is 9.32 Å². The van der Waals surface area contributed by atoms with E-state index in [9.17, 15) is 9.18 Å². The van der Waals surface area contributed by atoms with Crippen LogP contribution in [-0.4, -0.2) is 38.4 Å². The van der Waals surface area contributed by atoms with Gasteiger partial charge in [-0.15, -0.1) is 10.2 Å². The van der Waals surface area contributed by atoms with Gasteiger partial charge in [-0.1, -0.05) is 54.2 Å². The Labute approximate surface area is 183 Å². The topological polar surface area (TPSA) is 64.2 Å². The van der Waals surface area contributed by atoms with E-state index in [0.717, 1.165) is 11.1 Å². The number of furan rings is 1. The van der Waals surface area contributed by atoms with Crippen LogP contribution in [0.25, 0.3) is 11.6 Å². The molecule has 0 atom stereocenters. The minimum Gasteiger partial charge on any atom is -0.461 e. The molecular weight excluding hydrogens is 415 g/mol. The molecule has 0 spiro atoms. The second kappa shape index (κ2) is 9.61. The standard InChI is InChI=1S/C23H21FN4O2S/c1-27(14-18-9-5-10-19(24)13-18)21(29)16-31-23-26-25-22(20-11-6-12-30-20)28(23)15-17-7-3-2-4-8-17/h2-13H,14-16H2,1H3. The molecule has 158 valence electrons. The number of aromatic nitrogens is 3. The number of benzene rings is 2. The number of amides is 1. The molecule has 0 aliphatic heterocycles. The number of carbonyl (C=O) groups excluding carboxylic acids is 1. The van der Waals surface area contributed by atoms with E-state index in [0.29, 0.717) is 29.8 Å². The molecule has 0 aliphatic carbocycles. The SMILES string of the molecule is CN(Cc1cccc(F)c1)C(=O)CSc1nnc(-c2ccco2)n1Cc1ccccc1. The van der Waals surface area contributed by atoms with E-state index >= 15 is 0 Å². The molecule has 4 rings (SSSR count). The Bertz CT molecular complexity index is 1150. The third-order valence-electron chi connectivity index (χ3n) is 4.70. The van der Waals surface area contributed by atoms with Gasteiger partial charge in [0, 0.05) is 13.6 Å². The molecular formula is C23H21FN4O2S. The van der Waals surface area contributed by atoms with Crippen LogP contribution < -0.4 is 0 Å². The van der Waals surface area contributed by atoms with Crippen LogP contribution in [0.15, 0.2) is 82.6 Å². The largest absolute Gasteiger partial charge is 0.461 e. The van der Waals surface area contributed by atoms with E-state index in [2.05, 4.69) is 10.2 Å². The predicted molar refractivity (Wildman–Crippen MR) is 117 cm³/mol. The van der Waals surface area contributed by atoms with Gasteiger partial charge >= 0.3 is 0 Å². The molecule has 0 fully saturated rings. The van der Waals surface area contributed by atoms with Crippen LogP contribution in [0.4, 0.5) is 4.39 Å². The van der Waals surface area contributed by atoms with Crippen molar-refractivity contribution in [2.45, 2.75) is 18.2 Å². The molecule has 0 bridgehead atoms. The Morgan fingerprint density at radius 3 is 2.61 bits per heavy atom. The number of rotatable bonds is 8. The number of carbonyl (C=O) groups is 1. The first-order valence-corrected chi connectivity index (χ1v) is 10.7. The molecule has 2 aromatic carbocycles. The Kier molecular flexibility index (Phi) is 6.47. The molecule has 0 aliphatic rings. The Hall–Kier alpha value is -3.39. The Balaban J connectivity index is 1.48. The summed E-state index contributed by atoms with van der Waals surface area (Å²) >= 11 is 1.32. The first kappa shape index (κ1) is 20.9. The maximum absolute atomic E-state index is 13.4. The quantitative estimate of drug-likeness (QED) is 0.381. The van der Waals surface area contributed by atoms with Crippen molar-refractivity contribution < 1.29 is 13.6 Å². The molecule has 2 aromatic heterocycles. The van der Waals surface area contributed by atoms with Gasteiger partial charge in [-0.25, -0.2) is 4.39 Å². The molecule has 4 aromatic rings. The van der Waals surface area contributed by atoms with Crippen molar-refractivity contribution in [2.24, 2.45) is 0 Å². The molecule has 1 amide bonds. The van der Waals surface area contributed by atoms with Gasteiger partial charge in [-0.05, 0) is 35.4 Å². The maximum atomic E-state index is 13.4. The summed E-state index contributed by atoms with van der Waals surface area (Å²) in [5.74, 6) is 1.02. The fraction of sp³-hybridized carbons (Fsp3) is 0.174. The van der Waals surface area contributed by atoms with Gasteiger partial charge in [0.1, 0.15) is 5.82 Å². The minimum atomic E-state index is -0.313. The van der Waals surface area contributed by atoms with E-state index in [1.807, 2.05) is 41.0 Å². The van der Waals surface area contributed by atoms with Crippen LogP contribution >= 0.6 is 11.8 Å². The molecule has 31 heavy (non-hydrogen) atoms. The van der Waals surface area contributed by atoms with E-state index in [-0.39, 0.29) is 17.5 Å². The van der Waals surface area contributed by atoms with Crippen LogP contribution in [0, 0.1) is 5.82 Å². The van der Waals surface area contributed by atoms with Crippen LogP contribution in [0.2, 0.25) is 0 Å². The molecule has 0 saturated carbocycles. The average Bonchev–Trinajstić information content (AvgIpc) is 3.43. The third-order valence-corrected chi connectivity index (χ3v) is 5.65. The normalized spacial score (nSPS) is 10.9. The summed E-state index contributed by atoms with van der Waals surface area (Å²) in [5.41, 5.74) is 1.83. The summed E-state index contributed by atoms with van der Waals surface area (Å²) in [4.78, 5) is 14.2. The summed E-state index contributed by atoms with van der Waals surface area (Å²) in [6, 6.07) is 19.9. The van der Waals surface area contributed by atoms with Gasteiger partial charge in [0.25, 0.3) is 0 Å². The van der Waals surface area contributed by atoms with Crippen molar-refractivity contribution in [1.82, 2.24) is 19.7 Å².